The van der Waals surface area contributed by atoms with Crippen LogP contribution in [0.3, 0.4) is 0 Å². The predicted molar refractivity (Wildman–Crippen MR) is 114 cm³/mol. The number of para-hydroxylation sites is 1. The van der Waals surface area contributed by atoms with Crippen LogP contribution in [0.1, 0.15) is 29.6 Å². The average molecular weight is 437 g/mol. The summed E-state index contributed by atoms with van der Waals surface area (Å²) in [5.74, 6) is -0.695. The van der Waals surface area contributed by atoms with Crippen LogP contribution in [0.5, 0.6) is 0 Å². The van der Waals surface area contributed by atoms with Crippen LogP contribution in [0.25, 0.3) is 0 Å². The van der Waals surface area contributed by atoms with Crippen molar-refractivity contribution in [3.63, 3.8) is 0 Å². The highest BCUT2D eigenvalue weighted by Gasteiger charge is 2.31. The molecule has 0 saturated carbocycles. The van der Waals surface area contributed by atoms with Gasteiger partial charge in [-0.1, -0.05) is 42.3 Å². The number of hydrogen-bond donors (Lipinski definition) is 0. The minimum Gasteiger partial charge on any atom is -0.465 e. The number of halogens is 1. The molecule has 1 fully saturated rings. The second kappa shape index (κ2) is 9.61. The Hall–Kier alpha value is -2.09. The van der Waals surface area contributed by atoms with Crippen molar-refractivity contribution in [2.45, 2.75) is 24.2 Å². The third-order valence-corrected chi connectivity index (χ3v) is 7.24. The lowest BCUT2D eigenvalue weighted by Crippen LogP contribution is -2.41. The molecule has 1 aliphatic heterocycles. The Morgan fingerprint density at radius 2 is 1.72 bits per heavy atom. The van der Waals surface area contributed by atoms with Crippen molar-refractivity contribution in [3.8, 4) is 0 Å². The highest BCUT2D eigenvalue weighted by molar-refractivity contribution is 7.93. The maximum absolute atomic E-state index is 13.6. The molecule has 0 aromatic heterocycles. The Labute approximate surface area is 177 Å². The van der Waals surface area contributed by atoms with E-state index >= 15 is 0 Å². The first-order valence-electron chi connectivity index (χ1n) is 9.62. The second-order valence-corrected chi connectivity index (χ2v) is 9.16. The third kappa shape index (κ3) is 4.91. The minimum absolute atomic E-state index is 0.00465. The van der Waals surface area contributed by atoms with Gasteiger partial charge in [0.15, 0.2) is 0 Å². The summed E-state index contributed by atoms with van der Waals surface area (Å²) in [5, 5.41) is 0.338. The number of methoxy groups -OCH3 is 1. The molecule has 1 saturated heterocycles. The molecule has 1 heterocycles. The molecule has 2 aromatic carbocycles. The number of carbonyl (C=O) groups excluding carboxylic acids is 1. The van der Waals surface area contributed by atoms with Gasteiger partial charge in [-0.25, -0.2) is 13.2 Å². The van der Waals surface area contributed by atoms with Gasteiger partial charge in [0.25, 0.3) is 10.0 Å². The fraction of sp³-hybridized carbons (Fsp3) is 0.381. The van der Waals surface area contributed by atoms with Gasteiger partial charge in [-0.05, 0) is 50.2 Å². The molecule has 0 unspecified atom stereocenters. The quantitative estimate of drug-likeness (QED) is 0.617. The van der Waals surface area contributed by atoms with E-state index in [9.17, 15) is 13.2 Å². The van der Waals surface area contributed by atoms with Crippen LogP contribution in [0, 0.1) is 0 Å². The van der Waals surface area contributed by atoms with Crippen LogP contribution < -0.4 is 4.31 Å². The number of ether oxygens (including phenoxy) is 1. The molecule has 0 atom stereocenters. The molecule has 1 aliphatic rings. The van der Waals surface area contributed by atoms with Gasteiger partial charge in [-0.2, -0.15) is 0 Å². The Morgan fingerprint density at radius 1 is 1.07 bits per heavy atom. The summed E-state index contributed by atoms with van der Waals surface area (Å²) in [6.07, 6.45) is 3.43. The van der Waals surface area contributed by atoms with Crippen molar-refractivity contribution >= 4 is 33.3 Å². The maximum atomic E-state index is 13.6. The third-order valence-electron chi connectivity index (χ3n) is 5.05. The van der Waals surface area contributed by atoms with Crippen LogP contribution in [0.4, 0.5) is 5.69 Å². The number of carbonyl (C=O) groups is 1. The lowest BCUT2D eigenvalue weighted by molar-refractivity contribution is 0.0596. The number of hydrogen-bond acceptors (Lipinski definition) is 5. The van der Waals surface area contributed by atoms with Crippen LogP contribution in [-0.2, 0) is 14.8 Å². The standard InChI is InChI=1S/C21H25ClN2O4S/c1-28-21(25)17-9-3-6-12-20(17)29(26,27)24(19-11-5-4-10-18(19)22)16-15-23-13-7-2-8-14-23/h3-6,9-12H,2,7-8,13-16H2,1H3. The molecule has 0 N–H and O–H groups in total. The van der Waals surface area contributed by atoms with Gasteiger partial charge in [-0.3, -0.25) is 4.31 Å². The van der Waals surface area contributed by atoms with Crippen molar-refractivity contribution in [2.24, 2.45) is 0 Å². The molecular formula is C21H25ClN2O4S. The fourth-order valence-electron chi connectivity index (χ4n) is 3.53. The summed E-state index contributed by atoms with van der Waals surface area (Å²) in [7, 11) is -2.81. The maximum Gasteiger partial charge on any atom is 0.339 e. The molecule has 0 bridgehead atoms. The number of esters is 1. The van der Waals surface area contributed by atoms with Gasteiger partial charge in [0.2, 0.25) is 0 Å². The highest BCUT2D eigenvalue weighted by atomic mass is 35.5. The van der Waals surface area contributed by atoms with Crippen LogP contribution in [-0.4, -0.2) is 52.6 Å². The zero-order valence-corrected chi connectivity index (χ0v) is 18.0. The summed E-state index contributed by atoms with van der Waals surface area (Å²) in [4.78, 5) is 14.3. The van der Waals surface area contributed by atoms with E-state index in [1.807, 2.05) is 0 Å². The highest BCUT2D eigenvalue weighted by Crippen LogP contribution is 2.31. The van der Waals surface area contributed by atoms with Gasteiger partial charge in [0.1, 0.15) is 4.90 Å². The zero-order valence-electron chi connectivity index (χ0n) is 16.4. The normalized spacial score (nSPS) is 15.1. The first-order chi connectivity index (χ1) is 13.9. The number of likely N-dealkylation sites (tertiary alicyclic amines) is 1. The van der Waals surface area contributed by atoms with Crippen molar-refractivity contribution in [3.05, 3.63) is 59.1 Å². The molecular weight excluding hydrogens is 412 g/mol. The van der Waals surface area contributed by atoms with Crippen LogP contribution in [0.15, 0.2) is 53.4 Å². The number of piperidine rings is 1. The van der Waals surface area contributed by atoms with Crippen molar-refractivity contribution in [2.75, 3.05) is 37.6 Å². The number of benzene rings is 2. The summed E-state index contributed by atoms with van der Waals surface area (Å²) < 4.78 is 33.4. The predicted octanol–water partition coefficient (Wildman–Crippen LogP) is 3.81. The van der Waals surface area contributed by atoms with Gasteiger partial charge >= 0.3 is 5.97 Å². The van der Waals surface area contributed by atoms with Gasteiger partial charge in [-0.15, -0.1) is 0 Å². The summed E-state index contributed by atoms with van der Waals surface area (Å²) in [6.45, 7) is 2.73. The molecule has 6 nitrogen and oxygen atoms in total. The molecule has 2 aromatic rings. The van der Waals surface area contributed by atoms with Gasteiger partial charge in [0, 0.05) is 13.1 Å². The number of rotatable bonds is 7. The molecule has 0 amide bonds. The summed E-state index contributed by atoms with van der Waals surface area (Å²) in [5.41, 5.74) is 0.399. The van der Waals surface area contributed by atoms with Gasteiger partial charge < -0.3 is 9.64 Å². The van der Waals surface area contributed by atoms with Crippen LogP contribution in [0.2, 0.25) is 5.02 Å². The monoisotopic (exact) mass is 436 g/mol. The summed E-state index contributed by atoms with van der Waals surface area (Å²) >= 11 is 6.35. The Balaban J connectivity index is 2.01. The first kappa shape index (κ1) is 21.6. The van der Waals surface area contributed by atoms with Gasteiger partial charge in [0.05, 0.1) is 23.4 Å². The van der Waals surface area contributed by atoms with Crippen LogP contribution >= 0.6 is 11.6 Å². The van der Waals surface area contributed by atoms with E-state index in [0.29, 0.717) is 17.3 Å². The lowest BCUT2D eigenvalue weighted by atomic mass is 10.1. The molecule has 3 rings (SSSR count). The van der Waals surface area contributed by atoms with Crippen molar-refractivity contribution < 1.29 is 17.9 Å². The average Bonchev–Trinajstić information content (AvgIpc) is 2.75. The number of nitrogens with zero attached hydrogens (tertiary/aromatic N) is 2. The number of sulfonamides is 1. The Morgan fingerprint density at radius 3 is 2.41 bits per heavy atom. The topological polar surface area (TPSA) is 66.9 Å². The molecule has 0 radical (unpaired) electrons. The first-order valence-corrected chi connectivity index (χ1v) is 11.4. The molecule has 29 heavy (non-hydrogen) atoms. The SMILES string of the molecule is COC(=O)c1ccccc1S(=O)(=O)N(CCN1CCCCC1)c1ccccc1Cl. The smallest absolute Gasteiger partial charge is 0.339 e. The van der Waals surface area contributed by atoms with E-state index < -0.39 is 16.0 Å². The van der Waals surface area contributed by atoms with Crippen molar-refractivity contribution in [1.29, 1.82) is 0 Å². The van der Waals surface area contributed by atoms with Crippen molar-refractivity contribution in [1.82, 2.24) is 4.90 Å². The molecule has 8 heteroatoms. The lowest BCUT2D eigenvalue weighted by Gasteiger charge is -2.31. The van der Waals surface area contributed by atoms with E-state index in [4.69, 9.17) is 16.3 Å². The second-order valence-electron chi connectivity index (χ2n) is 6.92. The zero-order chi connectivity index (χ0) is 20.9. The van der Waals surface area contributed by atoms with E-state index in [1.165, 1.54) is 30.0 Å². The molecule has 0 spiro atoms. The molecule has 0 aliphatic carbocycles. The van der Waals surface area contributed by atoms with E-state index in [-0.39, 0.29) is 17.0 Å². The van der Waals surface area contributed by atoms with E-state index in [2.05, 4.69) is 4.90 Å². The fourth-order valence-corrected chi connectivity index (χ4v) is 5.47. The number of anilines is 1. The minimum atomic E-state index is -4.04. The van der Waals surface area contributed by atoms with E-state index in [1.54, 1.807) is 36.4 Å². The Bertz CT molecular complexity index is 959. The Kier molecular flexibility index (Phi) is 7.16. The largest absolute Gasteiger partial charge is 0.465 e. The summed E-state index contributed by atoms with van der Waals surface area (Å²) in [6, 6.07) is 12.9. The van der Waals surface area contributed by atoms with E-state index in [0.717, 1.165) is 25.9 Å². The molecule has 156 valence electrons.